The van der Waals surface area contributed by atoms with Crippen molar-refractivity contribution in [3.8, 4) is 18.1 Å². The maximum absolute atomic E-state index is 11.5. The Morgan fingerprint density at radius 3 is 2.58 bits per heavy atom. The molecule has 0 N–H and O–H groups in total. The lowest BCUT2D eigenvalue weighted by Crippen LogP contribution is -2.12. The fourth-order valence-electron chi connectivity index (χ4n) is 1.62. The van der Waals surface area contributed by atoms with Crippen molar-refractivity contribution in [1.82, 2.24) is 0 Å². The monoisotopic (exact) mass is 260 g/mol. The summed E-state index contributed by atoms with van der Waals surface area (Å²) in [6.45, 7) is 4.52. The molecule has 0 bridgehead atoms. The van der Waals surface area contributed by atoms with Gasteiger partial charge in [-0.05, 0) is 38.1 Å². The molecule has 1 unspecified atom stereocenters. The Morgan fingerprint density at radius 1 is 1.42 bits per heavy atom. The lowest BCUT2D eigenvalue weighted by molar-refractivity contribution is 0.0556. The van der Waals surface area contributed by atoms with Crippen molar-refractivity contribution in [2.24, 2.45) is 0 Å². The minimum atomic E-state index is -0.434. The summed E-state index contributed by atoms with van der Waals surface area (Å²) >= 11 is 0. The highest BCUT2D eigenvalue weighted by molar-refractivity contribution is 5.89. The van der Waals surface area contributed by atoms with E-state index in [1.54, 1.807) is 24.3 Å². The molecular weight excluding hydrogens is 244 g/mol. The molecule has 2 rings (SSSR count). The van der Waals surface area contributed by atoms with Gasteiger partial charge in [-0.15, -0.1) is 6.42 Å². The molecule has 0 aliphatic carbocycles. The molecule has 1 aliphatic heterocycles. The van der Waals surface area contributed by atoms with Gasteiger partial charge in [0.15, 0.2) is 6.61 Å². The molecule has 1 atom stereocenters. The molecule has 1 heterocycles. The molecule has 1 aromatic carbocycles. The van der Waals surface area contributed by atoms with Gasteiger partial charge in [0.2, 0.25) is 0 Å². The zero-order valence-corrected chi connectivity index (χ0v) is 11.0. The van der Waals surface area contributed by atoms with E-state index in [1.165, 1.54) is 0 Å². The van der Waals surface area contributed by atoms with Crippen LogP contribution in [0.2, 0.25) is 0 Å². The van der Waals surface area contributed by atoms with Crippen LogP contribution in [0, 0.1) is 12.3 Å². The van der Waals surface area contributed by atoms with Gasteiger partial charge < -0.3 is 14.2 Å². The van der Waals surface area contributed by atoms with Crippen LogP contribution in [0.1, 0.15) is 24.2 Å². The summed E-state index contributed by atoms with van der Waals surface area (Å²) in [5.41, 5.74) is 0.365. The molecule has 1 fully saturated rings. The Hall–Kier alpha value is -1.99. The van der Waals surface area contributed by atoms with E-state index < -0.39 is 5.97 Å². The molecule has 100 valence electrons. The third kappa shape index (κ3) is 3.49. The van der Waals surface area contributed by atoms with Crippen LogP contribution in [-0.2, 0) is 9.47 Å². The van der Waals surface area contributed by atoms with E-state index >= 15 is 0 Å². The molecule has 0 radical (unpaired) electrons. The highest BCUT2D eigenvalue weighted by Crippen LogP contribution is 2.35. The van der Waals surface area contributed by atoms with Gasteiger partial charge in [0.25, 0.3) is 0 Å². The third-order valence-corrected chi connectivity index (χ3v) is 2.94. The maximum atomic E-state index is 11.5. The second-order valence-corrected chi connectivity index (χ2v) is 4.83. The number of terminal acetylenes is 1. The highest BCUT2D eigenvalue weighted by atomic mass is 16.6. The smallest absolute Gasteiger partial charge is 0.339 e. The van der Waals surface area contributed by atoms with Gasteiger partial charge in [0.05, 0.1) is 11.2 Å². The van der Waals surface area contributed by atoms with Crippen molar-refractivity contribution in [1.29, 1.82) is 0 Å². The largest absolute Gasteiger partial charge is 0.491 e. The lowest BCUT2D eigenvalue weighted by Gasteiger charge is -2.06. The second kappa shape index (κ2) is 5.33. The van der Waals surface area contributed by atoms with Crippen LogP contribution in [0.4, 0.5) is 0 Å². The van der Waals surface area contributed by atoms with Gasteiger partial charge in [0.1, 0.15) is 18.5 Å². The molecule has 0 aromatic heterocycles. The topological polar surface area (TPSA) is 48.1 Å². The molecule has 0 saturated carbocycles. The zero-order chi connectivity index (χ0) is 13.9. The third-order valence-electron chi connectivity index (χ3n) is 2.94. The summed E-state index contributed by atoms with van der Waals surface area (Å²) in [7, 11) is 0. The molecule has 4 nitrogen and oxygen atoms in total. The number of carbonyl (C=O) groups excluding carboxylic acids is 1. The van der Waals surface area contributed by atoms with Gasteiger partial charge >= 0.3 is 5.97 Å². The molecule has 1 aliphatic rings. The standard InChI is InChI=1S/C15H16O4/c1-4-9-17-14(16)11-5-7-12(8-6-11)18-10-13-15(2,3)19-13/h1,5-8,13H,9-10H2,2-3H3. The van der Waals surface area contributed by atoms with Gasteiger partial charge in [-0.2, -0.15) is 0 Å². The first-order valence-corrected chi connectivity index (χ1v) is 6.04. The van der Waals surface area contributed by atoms with Crippen LogP contribution in [0.15, 0.2) is 24.3 Å². The summed E-state index contributed by atoms with van der Waals surface area (Å²) in [5, 5.41) is 0. The first-order chi connectivity index (χ1) is 9.03. The Morgan fingerprint density at radius 2 is 2.05 bits per heavy atom. The number of ether oxygens (including phenoxy) is 3. The Bertz CT molecular complexity index is 496. The number of benzene rings is 1. The zero-order valence-electron chi connectivity index (χ0n) is 11.0. The minimum absolute atomic E-state index is 0.0226. The maximum Gasteiger partial charge on any atom is 0.339 e. The second-order valence-electron chi connectivity index (χ2n) is 4.83. The molecule has 19 heavy (non-hydrogen) atoms. The van der Waals surface area contributed by atoms with Crippen molar-refractivity contribution in [2.75, 3.05) is 13.2 Å². The van der Waals surface area contributed by atoms with E-state index in [0.717, 1.165) is 0 Å². The average Bonchev–Trinajstić information content (AvgIpc) is 3.02. The number of epoxide rings is 1. The van der Waals surface area contributed by atoms with Crippen molar-refractivity contribution in [3.05, 3.63) is 29.8 Å². The van der Waals surface area contributed by atoms with Crippen LogP contribution in [0.5, 0.6) is 5.75 Å². The Balaban J connectivity index is 1.85. The minimum Gasteiger partial charge on any atom is -0.491 e. The van der Waals surface area contributed by atoms with Gasteiger partial charge in [0, 0.05) is 0 Å². The van der Waals surface area contributed by atoms with Gasteiger partial charge in [-0.25, -0.2) is 4.79 Å². The summed E-state index contributed by atoms with van der Waals surface area (Å²) in [6.07, 6.45) is 5.15. The molecule has 0 spiro atoms. The fourth-order valence-corrected chi connectivity index (χ4v) is 1.62. The van der Waals surface area contributed by atoms with Crippen LogP contribution in [0.25, 0.3) is 0 Å². The van der Waals surface area contributed by atoms with Crippen molar-refractivity contribution >= 4 is 5.97 Å². The first kappa shape index (κ1) is 13.4. The normalized spacial score (nSPS) is 19.3. The predicted octanol–water partition coefficient (Wildman–Crippen LogP) is 2.03. The lowest BCUT2D eigenvalue weighted by atomic mass is 10.1. The van der Waals surface area contributed by atoms with Gasteiger partial charge in [-0.1, -0.05) is 5.92 Å². The van der Waals surface area contributed by atoms with E-state index in [4.69, 9.17) is 20.6 Å². The number of esters is 1. The number of hydrogen-bond acceptors (Lipinski definition) is 4. The van der Waals surface area contributed by atoms with E-state index in [1.807, 2.05) is 13.8 Å². The van der Waals surface area contributed by atoms with Crippen molar-refractivity contribution in [2.45, 2.75) is 25.6 Å². The Kier molecular flexibility index (Phi) is 3.77. The fraction of sp³-hybridized carbons (Fsp3) is 0.400. The van der Waals surface area contributed by atoms with Gasteiger partial charge in [-0.3, -0.25) is 0 Å². The SMILES string of the molecule is C#CCOC(=O)c1ccc(OCC2OC2(C)C)cc1. The van der Waals surface area contributed by atoms with Crippen LogP contribution < -0.4 is 4.74 Å². The number of rotatable bonds is 5. The predicted molar refractivity (Wildman–Crippen MR) is 70.0 cm³/mol. The van der Waals surface area contributed by atoms with Crippen LogP contribution >= 0.6 is 0 Å². The van der Waals surface area contributed by atoms with Crippen LogP contribution in [0.3, 0.4) is 0 Å². The molecule has 4 heteroatoms. The Labute approximate surface area is 112 Å². The average molecular weight is 260 g/mol. The molecule has 1 aromatic rings. The van der Waals surface area contributed by atoms with E-state index in [-0.39, 0.29) is 18.3 Å². The summed E-state index contributed by atoms with van der Waals surface area (Å²) < 4.78 is 15.8. The first-order valence-electron chi connectivity index (χ1n) is 6.04. The number of hydrogen-bond donors (Lipinski definition) is 0. The molecule has 0 amide bonds. The highest BCUT2D eigenvalue weighted by Gasteiger charge is 2.48. The van der Waals surface area contributed by atoms with Crippen molar-refractivity contribution < 1.29 is 19.0 Å². The number of carbonyl (C=O) groups is 1. The summed E-state index contributed by atoms with van der Waals surface area (Å²) in [5.74, 6) is 2.51. The van der Waals surface area contributed by atoms with Crippen LogP contribution in [-0.4, -0.2) is 30.9 Å². The summed E-state index contributed by atoms with van der Waals surface area (Å²) in [6, 6.07) is 6.74. The van der Waals surface area contributed by atoms with E-state index in [2.05, 4.69) is 5.92 Å². The molecule has 1 saturated heterocycles. The van der Waals surface area contributed by atoms with E-state index in [9.17, 15) is 4.79 Å². The summed E-state index contributed by atoms with van der Waals surface area (Å²) in [4.78, 5) is 11.5. The van der Waals surface area contributed by atoms with Crippen molar-refractivity contribution in [3.63, 3.8) is 0 Å². The molecular formula is C15H16O4. The quantitative estimate of drug-likeness (QED) is 0.462. The van der Waals surface area contributed by atoms with E-state index in [0.29, 0.717) is 17.9 Å².